The first-order chi connectivity index (χ1) is 17.5. The third-order valence-corrected chi connectivity index (χ3v) is 6.47. The van der Waals surface area contributed by atoms with Crippen LogP contribution in [0.5, 0.6) is 23.0 Å². The van der Waals surface area contributed by atoms with Crippen molar-refractivity contribution in [2.24, 2.45) is 11.3 Å². The first-order valence-electron chi connectivity index (χ1n) is 12.4. The lowest BCUT2D eigenvalue weighted by atomic mass is 9.91. The predicted molar refractivity (Wildman–Crippen MR) is 146 cm³/mol. The second-order valence-electron chi connectivity index (χ2n) is 9.74. The number of ether oxygens (including phenoxy) is 2. The van der Waals surface area contributed by atoms with Gasteiger partial charge in [0, 0.05) is 0 Å². The fourth-order valence-electron chi connectivity index (χ4n) is 3.32. The normalized spacial score (nSPS) is 11.9. The minimum atomic E-state index is -0.482. The number of benzene rings is 4. The van der Waals surface area contributed by atoms with E-state index in [1.54, 1.807) is 60.7 Å². The van der Waals surface area contributed by atoms with Crippen molar-refractivity contribution >= 4 is 33.5 Å². The molecule has 194 valence electrons. The van der Waals surface area contributed by atoms with Crippen LogP contribution >= 0.6 is 0 Å². The highest BCUT2D eigenvalue weighted by Gasteiger charge is 2.27. The van der Waals surface area contributed by atoms with Gasteiger partial charge in [-0.05, 0) is 96.8 Å². The second kappa shape index (κ2) is 11.8. The molecule has 0 aliphatic heterocycles. The summed E-state index contributed by atoms with van der Waals surface area (Å²) in [6.45, 7) is 9.50. The van der Waals surface area contributed by atoms with Crippen LogP contribution in [0.4, 0.5) is 0 Å². The van der Waals surface area contributed by atoms with Crippen molar-refractivity contribution in [3.63, 3.8) is 0 Å². The molecular formula is C31H34O6. The largest absolute Gasteiger partial charge is 0.508 e. The maximum Gasteiger partial charge on any atom is 0.316 e. The van der Waals surface area contributed by atoms with Crippen LogP contribution in [-0.4, -0.2) is 22.2 Å². The van der Waals surface area contributed by atoms with Gasteiger partial charge in [-0.15, -0.1) is 0 Å². The van der Waals surface area contributed by atoms with Crippen molar-refractivity contribution < 1.29 is 29.3 Å². The fourth-order valence-corrected chi connectivity index (χ4v) is 3.32. The van der Waals surface area contributed by atoms with Crippen LogP contribution in [0.1, 0.15) is 47.5 Å². The molecule has 0 fully saturated rings. The highest BCUT2D eigenvalue weighted by molar-refractivity contribution is 5.87. The Bertz CT molecular complexity index is 1410. The molecule has 4 aromatic carbocycles. The molecule has 2 N–H and O–H groups in total. The van der Waals surface area contributed by atoms with E-state index in [1.807, 2.05) is 46.8 Å². The number of phenols is 2. The van der Waals surface area contributed by atoms with Crippen molar-refractivity contribution in [1.29, 1.82) is 0 Å². The Morgan fingerprint density at radius 1 is 0.730 bits per heavy atom. The molecule has 0 saturated carbocycles. The first-order valence-corrected chi connectivity index (χ1v) is 12.4. The Kier molecular flexibility index (Phi) is 8.77. The minimum Gasteiger partial charge on any atom is -0.508 e. The number of phenolic OH excluding ortho intramolecular Hbond substituents is 2. The Balaban J connectivity index is 0.000000206. The standard InChI is InChI=1S/C16H18O3.C15H16O3/c1-4-16(2,3)15(18)19-14-8-6-11-9-13(17)7-5-12(11)10-14;1-3-10(2)15(17)18-14-7-5-11-8-13(16)6-4-12(11)9-14/h5-10,17H,4H2,1-3H3;4-10,16H,3H2,1-2H3. The Morgan fingerprint density at radius 3 is 1.62 bits per heavy atom. The molecular weight excluding hydrogens is 468 g/mol. The minimum absolute atomic E-state index is 0.0967. The SMILES string of the molecule is CCC(C)(C)C(=O)Oc1ccc2cc(O)ccc2c1.CCC(C)C(=O)Oc1ccc2cc(O)ccc2c1. The Morgan fingerprint density at radius 2 is 1.16 bits per heavy atom. The van der Waals surface area contributed by atoms with Crippen molar-refractivity contribution in [2.45, 2.75) is 47.5 Å². The van der Waals surface area contributed by atoms with E-state index in [0.717, 1.165) is 34.4 Å². The van der Waals surface area contributed by atoms with Crippen LogP contribution in [0.3, 0.4) is 0 Å². The van der Waals surface area contributed by atoms with Gasteiger partial charge in [-0.1, -0.05) is 45.0 Å². The quantitative estimate of drug-likeness (QED) is 0.211. The number of esters is 2. The number of rotatable bonds is 6. The summed E-state index contributed by atoms with van der Waals surface area (Å²) in [7, 11) is 0. The molecule has 6 nitrogen and oxygen atoms in total. The van der Waals surface area contributed by atoms with Gasteiger partial charge >= 0.3 is 11.9 Å². The molecule has 0 bridgehead atoms. The molecule has 0 aliphatic rings. The van der Waals surface area contributed by atoms with E-state index in [9.17, 15) is 19.8 Å². The van der Waals surface area contributed by atoms with Gasteiger partial charge in [0.1, 0.15) is 23.0 Å². The summed E-state index contributed by atoms with van der Waals surface area (Å²) in [6, 6.07) is 20.9. The van der Waals surface area contributed by atoms with Crippen LogP contribution < -0.4 is 9.47 Å². The van der Waals surface area contributed by atoms with Gasteiger partial charge in [0.25, 0.3) is 0 Å². The summed E-state index contributed by atoms with van der Waals surface area (Å²) in [6.07, 6.45) is 1.49. The van der Waals surface area contributed by atoms with Crippen LogP contribution in [0.15, 0.2) is 72.8 Å². The number of hydrogen-bond donors (Lipinski definition) is 2. The number of fused-ring (bicyclic) bond motifs is 2. The summed E-state index contributed by atoms with van der Waals surface area (Å²) in [4.78, 5) is 23.7. The van der Waals surface area contributed by atoms with E-state index >= 15 is 0 Å². The maximum absolute atomic E-state index is 12.0. The van der Waals surface area contributed by atoms with Gasteiger partial charge in [-0.3, -0.25) is 9.59 Å². The van der Waals surface area contributed by atoms with E-state index in [-0.39, 0.29) is 29.4 Å². The van der Waals surface area contributed by atoms with E-state index in [1.165, 1.54) is 0 Å². The molecule has 6 heteroatoms. The van der Waals surface area contributed by atoms with Crippen LogP contribution in [0.25, 0.3) is 21.5 Å². The summed E-state index contributed by atoms with van der Waals surface area (Å²) in [5.41, 5.74) is -0.482. The van der Waals surface area contributed by atoms with E-state index in [4.69, 9.17) is 9.47 Å². The third kappa shape index (κ3) is 7.23. The number of carbonyl (C=O) groups is 2. The molecule has 0 aromatic heterocycles. The molecule has 0 heterocycles. The van der Waals surface area contributed by atoms with Crippen molar-refractivity contribution in [3.8, 4) is 23.0 Å². The van der Waals surface area contributed by atoms with Crippen molar-refractivity contribution in [1.82, 2.24) is 0 Å². The zero-order valence-corrected chi connectivity index (χ0v) is 21.9. The summed E-state index contributed by atoms with van der Waals surface area (Å²) in [5, 5.41) is 22.5. The molecule has 0 spiro atoms. The van der Waals surface area contributed by atoms with E-state index in [0.29, 0.717) is 11.5 Å². The van der Waals surface area contributed by atoms with Gasteiger partial charge in [0.15, 0.2) is 0 Å². The molecule has 1 unspecified atom stereocenters. The number of aromatic hydroxyl groups is 2. The maximum atomic E-state index is 12.0. The van der Waals surface area contributed by atoms with Gasteiger partial charge < -0.3 is 19.7 Å². The predicted octanol–water partition coefficient (Wildman–Crippen LogP) is 7.38. The molecule has 0 radical (unpaired) electrons. The topological polar surface area (TPSA) is 93.1 Å². The van der Waals surface area contributed by atoms with Gasteiger partial charge in [0.05, 0.1) is 11.3 Å². The average molecular weight is 503 g/mol. The fraction of sp³-hybridized carbons (Fsp3) is 0.290. The second-order valence-corrected chi connectivity index (χ2v) is 9.74. The summed E-state index contributed by atoms with van der Waals surface area (Å²) < 4.78 is 10.7. The van der Waals surface area contributed by atoms with Crippen molar-refractivity contribution in [3.05, 3.63) is 72.8 Å². The van der Waals surface area contributed by atoms with E-state index in [2.05, 4.69) is 0 Å². The number of hydrogen-bond acceptors (Lipinski definition) is 6. The zero-order chi connectivity index (χ0) is 27.2. The van der Waals surface area contributed by atoms with Gasteiger partial charge in [-0.25, -0.2) is 0 Å². The van der Waals surface area contributed by atoms with E-state index < -0.39 is 5.41 Å². The smallest absolute Gasteiger partial charge is 0.316 e. The monoisotopic (exact) mass is 502 g/mol. The lowest BCUT2D eigenvalue weighted by Gasteiger charge is -2.20. The Hall–Kier alpha value is -4.06. The van der Waals surface area contributed by atoms with Crippen LogP contribution in [0, 0.1) is 11.3 Å². The molecule has 4 rings (SSSR count). The molecule has 0 aliphatic carbocycles. The highest BCUT2D eigenvalue weighted by Crippen LogP contribution is 2.28. The average Bonchev–Trinajstić information content (AvgIpc) is 2.88. The molecule has 0 amide bonds. The van der Waals surface area contributed by atoms with Crippen molar-refractivity contribution in [2.75, 3.05) is 0 Å². The molecule has 4 aromatic rings. The Labute approximate surface area is 217 Å². The third-order valence-electron chi connectivity index (χ3n) is 6.47. The summed E-state index contributed by atoms with van der Waals surface area (Å²) in [5.74, 6) is 0.990. The highest BCUT2D eigenvalue weighted by atomic mass is 16.5. The molecule has 0 saturated heterocycles. The lowest BCUT2D eigenvalue weighted by molar-refractivity contribution is -0.144. The first kappa shape index (κ1) is 27.5. The van der Waals surface area contributed by atoms with Gasteiger partial charge in [-0.2, -0.15) is 0 Å². The number of carbonyl (C=O) groups excluding carboxylic acids is 2. The summed E-state index contributed by atoms with van der Waals surface area (Å²) >= 11 is 0. The van der Waals surface area contributed by atoms with Crippen LogP contribution in [-0.2, 0) is 9.59 Å². The lowest BCUT2D eigenvalue weighted by Crippen LogP contribution is -2.28. The zero-order valence-electron chi connectivity index (χ0n) is 21.9. The molecule has 1 atom stereocenters. The molecule has 37 heavy (non-hydrogen) atoms. The van der Waals surface area contributed by atoms with Crippen LogP contribution in [0.2, 0.25) is 0 Å². The van der Waals surface area contributed by atoms with Gasteiger partial charge in [0.2, 0.25) is 0 Å².